The molecule has 2 heterocycles. The summed E-state index contributed by atoms with van der Waals surface area (Å²) < 4.78 is 27.8. The quantitative estimate of drug-likeness (QED) is 0.208. The van der Waals surface area contributed by atoms with Crippen LogP contribution in [0.1, 0.15) is 21.5 Å². The molecule has 0 radical (unpaired) electrons. The first kappa shape index (κ1) is 25.1. The van der Waals surface area contributed by atoms with Gasteiger partial charge in [0.05, 0.1) is 15.5 Å². The molecule has 0 saturated heterocycles. The van der Waals surface area contributed by atoms with Crippen LogP contribution in [0.5, 0.6) is 0 Å². The number of fused-ring (bicyclic) bond motifs is 1. The lowest BCUT2D eigenvalue weighted by Crippen LogP contribution is -2.25. The Morgan fingerprint density at radius 2 is 1.71 bits per heavy atom. The molecule has 1 aliphatic rings. The zero-order valence-electron chi connectivity index (χ0n) is 20.1. The van der Waals surface area contributed by atoms with Crippen LogP contribution in [-0.2, 0) is 11.3 Å². The Kier molecular flexibility index (Phi) is 6.88. The molecule has 0 saturated carbocycles. The van der Waals surface area contributed by atoms with Gasteiger partial charge >= 0.3 is 6.09 Å². The first-order chi connectivity index (χ1) is 18.3. The molecular weight excluding hydrogens is 506 g/mol. The number of hydrogen-bond acceptors (Lipinski definition) is 7. The summed E-state index contributed by atoms with van der Waals surface area (Å²) in [6.45, 7) is -0.0711. The number of alkyl carbamates (subject to hydrolysis) is 1. The van der Waals surface area contributed by atoms with Crippen molar-refractivity contribution in [2.75, 3.05) is 17.7 Å². The maximum atomic E-state index is 12.6. The van der Waals surface area contributed by atoms with E-state index in [4.69, 9.17) is 10.5 Å². The van der Waals surface area contributed by atoms with E-state index >= 15 is 0 Å². The molecule has 10 nitrogen and oxygen atoms in total. The number of carbonyl (C=O) groups is 2. The minimum atomic E-state index is -3.15. The number of anilines is 2. The van der Waals surface area contributed by atoms with Crippen LogP contribution in [0.3, 0.4) is 0 Å². The van der Waals surface area contributed by atoms with Gasteiger partial charge in [0.15, 0.2) is 5.82 Å². The van der Waals surface area contributed by atoms with E-state index in [-0.39, 0.29) is 24.0 Å². The molecule has 1 aliphatic heterocycles. The first-order valence-electron chi connectivity index (χ1n) is 11.6. The van der Waals surface area contributed by atoms with Gasteiger partial charge in [-0.25, -0.2) is 9.48 Å². The molecule has 0 fully saturated rings. The van der Waals surface area contributed by atoms with Gasteiger partial charge in [0, 0.05) is 30.1 Å². The zero-order valence-corrected chi connectivity index (χ0v) is 20.9. The Morgan fingerprint density at radius 3 is 2.45 bits per heavy atom. The van der Waals surface area contributed by atoms with E-state index in [0.29, 0.717) is 27.5 Å². The van der Waals surface area contributed by atoms with Gasteiger partial charge < -0.3 is 21.1 Å². The molecule has 0 bridgehead atoms. The van der Waals surface area contributed by atoms with E-state index in [1.165, 1.54) is 0 Å². The van der Waals surface area contributed by atoms with Crippen molar-refractivity contribution in [3.05, 3.63) is 107 Å². The minimum Gasteiger partial charge on any atom is -0.443 e. The smallest absolute Gasteiger partial charge is 0.407 e. The molecular formula is C27H25N5O5S. The lowest BCUT2D eigenvalue weighted by atomic mass is 10.1. The second kappa shape index (κ2) is 10.4. The highest BCUT2D eigenvalue weighted by atomic mass is 32.3. The van der Waals surface area contributed by atoms with Crippen molar-refractivity contribution in [3.8, 4) is 5.69 Å². The SMILES string of the molecule is Nc1ccc(-n2ccc(NC(=O)c3ccc(CNC(=O)OCC4=Cc5ccccc5S4(O)O)cc3)n2)cc1. The van der Waals surface area contributed by atoms with Crippen LogP contribution < -0.4 is 16.4 Å². The standard InChI is InChI=1S/C27H25N5O5S/c28-21-9-11-22(12-10-21)32-14-13-25(31-32)30-26(33)19-7-5-18(6-8-19)16-29-27(34)37-17-23-15-20-3-1-2-4-24(20)38(23,35)36/h1-15,35-36H,16-17,28H2,(H,29,34)(H,30,31,33). The third-order valence-electron chi connectivity index (χ3n) is 5.89. The van der Waals surface area contributed by atoms with Crippen molar-refractivity contribution >= 4 is 40.2 Å². The van der Waals surface area contributed by atoms with Crippen LogP contribution in [0.25, 0.3) is 11.8 Å². The predicted octanol–water partition coefficient (Wildman–Crippen LogP) is 5.10. The van der Waals surface area contributed by atoms with Crippen LogP contribution in [0.2, 0.25) is 0 Å². The fourth-order valence-corrected chi connectivity index (χ4v) is 5.39. The number of rotatable bonds is 7. The van der Waals surface area contributed by atoms with E-state index in [9.17, 15) is 18.7 Å². The molecule has 0 aliphatic carbocycles. The Bertz CT molecular complexity index is 1510. The van der Waals surface area contributed by atoms with Gasteiger partial charge in [-0.3, -0.25) is 13.9 Å². The number of nitrogens with one attached hydrogen (secondary N) is 2. The summed E-state index contributed by atoms with van der Waals surface area (Å²) in [7, 11) is -3.15. The van der Waals surface area contributed by atoms with Crippen LogP contribution in [0.15, 0.2) is 94.9 Å². The number of nitrogens with two attached hydrogens (primary N) is 1. The molecule has 2 amide bonds. The van der Waals surface area contributed by atoms with Crippen molar-refractivity contribution in [2.24, 2.45) is 0 Å². The van der Waals surface area contributed by atoms with Crippen LogP contribution in [-0.4, -0.2) is 37.5 Å². The fraction of sp³-hybridized carbons (Fsp3) is 0.0741. The summed E-state index contributed by atoms with van der Waals surface area (Å²) in [5.41, 5.74) is 9.06. The molecule has 1 aromatic heterocycles. The van der Waals surface area contributed by atoms with Crippen molar-refractivity contribution in [3.63, 3.8) is 0 Å². The van der Waals surface area contributed by atoms with E-state index in [1.54, 1.807) is 83.7 Å². The van der Waals surface area contributed by atoms with E-state index in [2.05, 4.69) is 15.7 Å². The van der Waals surface area contributed by atoms with E-state index in [0.717, 1.165) is 11.3 Å². The molecule has 5 rings (SSSR count). The van der Waals surface area contributed by atoms with Crippen molar-refractivity contribution in [1.29, 1.82) is 0 Å². The molecule has 3 aromatic carbocycles. The zero-order chi connectivity index (χ0) is 26.7. The van der Waals surface area contributed by atoms with Crippen LogP contribution in [0, 0.1) is 0 Å². The summed E-state index contributed by atoms with van der Waals surface area (Å²) >= 11 is 0. The number of aromatic nitrogens is 2. The molecule has 6 N–H and O–H groups in total. The Morgan fingerprint density at radius 1 is 0.974 bits per heavy atom. The largest absolute Gasteiger partial charge is 0.443 e. The maximum Gasteiger partial charge on any atom is 0.407 e. The fourth-order valence-electron chi connectivity index (χ4n) is 3.87. The Hall–Kier alpha value is -4.58. The molecule has 194 valence electrons. The van der Waals surface area contributed by atoms with Gasteiger partial charge in [-0.2, -0.15) is 5.10 Å². The van der Waals surface area contributed by atoms with Gasteiger partial charge in [-0.15, -0.1) is 10.6 Å². The van der Waals surface area contributed by atoms with E-state index in [1.807, 2.05) is 12.1 Å². The van der Waals surface area contributed by atoms with Gasteiger partial charge in [-0.05, 0) is 59.7 Å². The third-order valence-corrected chi connectivity index (χ3v) is 7.85. The lowest BCUT2D eigenvalue weighted by molar-refractivity contribution is 0.102. The number of amides is 2. The second-order valence-electron chi connectivity index (χ2n) is 8.52. The molecule has 0 spiro atoms. The molecule has 38 heavy (non-hydrogen) atoms. The van der Waals surface area contributed by atoms with E-state index < -0.39 is 16.7 Å². The first-order valence-corrected chi connectivity index (χ1v) is 13.1. The lowest BCUT2D eigenvalue weighted by Gasteiger charge is -2.30. The van der Waals surface area contributed by atoms with Gasteiger partial charge in [0.1, 0.15) is 6.61 Å². The molecule has 11 heteroatoms. The number of hydrogen-bond donors (Lipinski definition) is 5. The molecule has 0 unspecified atom stereocenters. The highest BCUT2D eigenvalue weighted by Gasteiger charge is 2.30. The molecule has 4 aromatic rings. The van der Waals surface area contributed by atoms with Crippen molar-refractivity contribution in [1.82, 2.24) is 15.1 Å². The van der Waals surface area contributed by atoms with Crippen molar-refractivity contribution in [2.45, 2.75) is 11.4 Å². The molecule has 0 atom stereocenters. The number of carbonyl (C=O) groups excluding carboxylic acids is 2. The Labute approximate surface area is 220 Å². The van der Waals surface area contributed by atoms with Gasteiger partial charge in [0.25, 0.3) is 5.91 Å². The monoisotopic (exact) mass is 531 g/mol. The van der Waals surface area contributed by atoms with Crippen molar-refractivity contribution < 1.29 is 23.4 Å². The second-order valence-corrected chi connectivity index (χ2v) is 10.6. The third kappa shape index (κ3) is 5.39. The number of benzene rings is 3. The predicted molar refractivity (Wildman–Crippen MR) is 146 cm³/mol. The Balaban J connectivity index is 1.10. The summed E-state index contributed by atoms with van der Waals surface area (Å²) in [4.78, 5) is 25.5. The summed E-state index contributed by atoms with van der Waals surface area (Å²) in [6, 6.07) is 22.6. The van der Waals surface area contributed by atoms with Crippen LogP contribution in [0.4, 0.5) is 16.3 Å². The normalized spacial score (nSPS) is 14.2. The number of nitrogens with zero attached hydrogens (tertiary/aromatic N) is 2. The van der Waals surface area contributed by atoms with Crippen LogP contribution >= 0.6 is 10.6 Å². The van der Waals surface area contributed by atoms with Gasteiger partial charge in [0.2, 0.25) is 0 Å². The average molecular weight is 532 g/mol. The number of ether oxygens (including phenoxy) is 1. The highest BCUT2D eigenvalue weighted by molar-refractivity contribution is 8.28. The summed E-state index contributed by atoms with van der Waals surface area (Å²) in [6.07, 6.45) is 2.67. The average Bonchev–Trinajstić information content (AvgIpc) is 3.48. The minimum absolute atomic E-state index is 0.169. The topological polar surface area (TPSA) is 152 Å². The number of nitrogen functional groups attached to an aromatic ring is 1. The van der Waals surface area contributed by atoms with Gasteiger partial charge in [-0.1, -0.05) is 30.3 Å². The maximum absolute atomic E-state index is 12.6. The summed E-state index contributed by atoms with van der Waals surface area (Å²) in [5.74, 6) is 0.0775. The highest BCUT2D eigenvalue weighted by Crippen LogP contribution is 2.61. The summed E-state index contributed by atoms with van der Waals surface area (Å²) in [5, 5.41) is 9.73.